The number of allylic oxidation sites excluding steroid dienone is 2. The highest BCUT2D eigenvalue weighted by atomic mass is 35.5. The van der Waals surface area contributed by atoms with Crippen LogP contribution < -0.4 is 31.3 Å². The van der Waals surface area contributed by atoms with Gasteiger partial charge in [0, 0.05) is 66.5 Å². The van der Waals surface area contributed by atoms with E-state index in [-0.39, 0.29) is 43.2 Å². The molecule has 4 aromatic heterocycles. The van der Waals surface area contributed by atoms with Crippen molar-refractivity contribution in [2.45, 2.75) is 58.7 Å². The summed E-state index contributed by atoms with van der Waals surface area (Å²) < 4.78 is 18.6. The fourth-order valence-corrected chi connectivity index (χ4v) is 11.6. The van der Waals surface area contributed by atoms with Crippen molar-refractivity contribution in [3.8, 4) is 27.8 Å². The number of aromatic nitrogens is 7. The number of hydrogen-bond donors (Lipinski definition) is 1. The first-order valence-electron chi connectivity index (χ1n) is 20.7. The Morgan fingerprint density at radius 1 is 0.969 bits per heavy atom. The molecule has 328 valence electrons. The molecule has 3 aromatic carbocycles. The molecule has 18 heteroatoms. The van der Waals surface area contributed by atoms with Crippen molar-refractivity contribution in [2.75, 3.05) is 19.1 Å². The Kier molecular flexibility index (Phi) is 9.47. The maximum atomic E-state index is 15.2. The first-order chi connectivity index (χ1) is 30.6. The minimum absolute atomic E-state index is 0.00891. The van der Waals surface area contributed by atoms with Gasteiger partial charge in [-0.2, -0.15) is 5.10 Å². The summed E-state index contributed by atoms with van der Waals surface area (Å²) >= 11 is 7.88. The number of phenolic OH excluding ortho intramolecular Hbond substituents is 1. The van der Waals surface area contributed by atoms with E-state index in [0.717, 1.165) is 25.1 Å². The molecule has 0 bridgehead atoms. The number of para-hydroxylation sites is 1. The van der Waals surface area contributed by atoms with Crippen molar-refractivity contribution >= 4 is 61.7 Å². The van der Waals surface area contributed by atoms with E-state index in [9.17, 15) is 19.5 Å². The standard InChI is InChI=1S/C46H43ClN8O8S/c1-22-9-8-10-26(39(22)56)38-25-13-16-53-44(60)52(15-14-29-42(58)50(4)33-21-35(63-7)34(62-6)19-30(33)48-29)45(61)55(53)32(25)18-28-41(57)54(43(59)46(28,38)3)37-20-31(49-51(37)5)40-23(2)27-17-24(47)11-12-36(27)64-40/h8-13,17,19-21,28,32,38,56H,14-16,18H2,1-7H3/t28-,32+,38+,46+/m0/s1. The first kappa shape index (κ1) is 41.3. The number of phenols is 1. The van der Waals surface area contributed by atoms with Crippen LogP contribution in [0, 0.1) is 25.2 Å². The number of ether oxygens (including phenoxy) is 2. The fourth-order valence-electron chi connectivity index (χ4n) is 10.3. The number of carbonyl (C=O) groups is 2. The van der Waals surface area contributed by atoms with Crippen LogP contribution in [0.3, 0.4) is 0 Å². The van der Waals surface area contributed by atoms with Crippen LogP contribution >= 0.6 is 22.9 Å². The summed E-state index contributed by atoms with van der Waals surface area (Å²) in [4.78, 5) is 79.3. The van der Waals surface area contributed by atoms with E-state index in [1.165, 1.54) is 37.7 Å². The minimum atomic E-state index is -1.41. The zero-order valence-corrected chi connectivity index (χ0v) is 37.6. The number of aryl methyl sites for hydroxylation is 5. The summed E-state index contributed by atoms with van der Waals surface area (Å²) in [6.45, 7) is 5.34. The second-order valence-corrected chi connectivity index (χ2v) is 18.4. The zero-order chi connectivity index (χ0) is 45.3. The number of anilines is 1. The Bertz CT molecular complexity index is 3410. The van der Waals surface area contributed by atoms with Crippen molar-refractivity contribution in [3.63, 3.8) is 0 Å². The minimum Gasteiger partial charge on any atom is -0.507 e. The van der Waals surface area contributed by atoms with Gasteiger partial charge in [-0.1, -0.05) is 35.9 Å². The molecule has 0 radical (unpaired) electrons. The third kappa shape index (κ3) is 5.75. The molecule has 7 aromatic rings. The second-order valence-electron chi connectivity index (χ2n) is 16.9. The normalized spacial score (nSPS) is 20.5. The lowest BCUT2D eigenvalue weighted by molar-refractivity contribution is -0.129. The highest BCUT2D eigenvalue weighted by Gasteiger charge is 2.66. The van der Waals surface area contributed by atoms with Crippen molar-refractivity contribution in [2.24, 2.45) is 25.4 Å². The van der Waals surface area contributed by atoms with E-state index in [1.807, 2.05) is 31.2 Å². The number of benzene rings is 3. The Labute approximate surface area is 373 Å². The monoisotopic (exact) mass is 902 g/mol. The molecule has 1 N–H and O–H groups in total. The zero-order valence-electron chi connectivity index (χ0n) is 36.0. The molecule has 1 saturated carbocycles. The third-order valence-corrected chi connectivity index (χ3v) is 15.2. The lowest BCUT2D eigenvalue weighted by Crippen LogP contribution is -2.49. The number of fused-ring (bicyclic) bond motifs is 6. The summed E-state index contributed by atoms with van der Waals surface area (Å²) in [5.41, 5.74) is 1.30. The molecule has 0 spiro atoms. The van der Waals surface area contributed by atoms with Gasteiger partial charge in [-0.25, -0.2) is 33.4 Å². The van der Waals surface area contributed by atoms with E-state index in [1.54, 1.807) is 75.7 Å². The molecule has 2 amide bonds. The smallest absolute Gasteiger partial charge is 0.347 e. The largest absolute Gasteiger partial charge is 0.507 e. The molecule has 4 atom stereocenters. The lowest BCUT2D eigenvalue weighted by atomic mass is 9.56. The number of hydrogen-bond acceptors (Lipinski definition) is 11. The topological polar surface area (TPSA) is 178 Å². The average molecular weight is 903 g/mol. The summed E-state index contributed by atoms with van der Waals surface area (Å²) in [5.74, 6) is -1.66. The van der Waals surface area contributed by atoms with Crippen LogP contribution in [0.15, 0.2) is 80.6 Å². The summed E-state index contributed by atoms with van der Waals surface area (Å²) in [6.07, 6.45) is 1.82. The van der Waals surface area contributed by atoms with E-state index in [2.05, 4.69) is 4.98 Å². The van der Waals surface area contributed by atoms with Gasteiger partial charge < -0.3 is 19.1 Å². The van der Waals surface area contributed by atoms with Crippen LogP contribution in [0.2, 0.25) is 5.02 Å². The van der Waals surface area contributed by atoms with E-state index < -0.39 is 52.0 Å². The number of rotatable bonds is 8. The molecule has 6 heterocycles. The van der Waals surface area contributed by atoms with Gasteiger partial charge in [0.25, 0.3) is 5.56 Å². The van der Waals surface area contributed by atoms with E-state index in [0.29, 0.717) is 49.9 Å². The number of carbonyl (C=O) groups excluding carboxylic acids is 2. The quantitative estimate of drug-likeness (QED) is 0.145. The number of amides is 2. The van der Waals surface area contributed by atoms with Crippen molar-refractivity contribution in [1.82, 2.24) is 33.3 Å². The van der Waals surface area contributed by atoms with Gasteiger partial charge in [-0.3, -0.25) is 19.1 Å². The van der Waals surface area contributed by atoms with Crippen LogP contribution in [0.25, 0.3) is 31.7 Å². The highest BCUT2D eigenvalue weighted by Crippen LogP contribution is 2.62. The predicted molar refractivity (Wildman–Crippen MR) is 242 cm³/mol. The van der Waals surface area contributed by atoms with Crippen LogP contribution in [0.5, 0.6) is 17.2 Å². The van der Waals surface area contributed by atoms with Crippen molar-refractivity contribution in [1.29, 1.82) is 0 Å². The van der Waals surface area contributed by atoms with Crippen LogP contribution in [0.4, 0.5) is 5.82 Å². The molecule has 16 nitrogen and oxygen atoms in total. The Hall–Kier alpha value is -6.72. The van der Waals surface area contributed by atoms with Gasteiger partial charge >= 0.3 is 11.4 Å². The molecule has 10 rings (SSSR count). The summed E-state index contributed by atoms with van der Waals surface area (Å²) in [7, 11) is 6.29. The predicted octanol–water partition coefficient (Wildman–Crippen LogP) is 5.77. The van der Waals surface area contributed by atoms with Gasteiger partial charge in [0.2, 0.25) is 11.8 Å². The molecular formula is C46H43ClN8O8S. The van der Waals surface area contributed by atoms with E-state index >= 15 is 9.59 Å². The molecule has 2 fully saturated rings. The van der Waals surface area contributed by atoms with Gasteiger partial charge in [0.1, 0.15) is 23.0 Å². The lowest BCUT2D eigenvalue weighted by Gasteiger charge is -2.47. The third-order valence-electron chi connectivity index (χ3n) is 13.6. The second kappa shape index (κ2) is 14.7. The number of halogens is 1. The van der Waals surface area contributed by atoms with Gasteiger partial charge in [0.05, 0.1) is 54.0 Å². The molecule has 0 unspecified atom stereocenters. The van der Waals surface area contributed by atoms with Gasteiger partial charge in [0.15, 0.2) is 11.5 Å². The SMILES string of the molecule is COc1cc2nc(CCn3c(=O)n4n(c3=O)[C@@H]3C[C@H]5C(=O)N(c6cc(-c7sc8ccc(Cl)cc8c7C)nn6C)C(=O)[C@@]5(C)[C@@H](c5cccc(C)c5O)C3=CC4)c(=O)n(C)c2cc1OC. The van der Waals surface area contributed by atoms with Crippen molar-refractivity contribution < 1.29 is 24.2 Å². The highest BCUT2D eigenvalue weighted by molar-refractivity contribution is 7.22. The molecule has 2 aliphatic heterocycles. The van der Waals surface area contributed by atoms with Crippen molar-refractivity contribution in [3.05, 3.63) is 125 Å². The maximum absolute atomic E-state index is 15.2. The van der Waals surface area contributed by atoms with Crippen LogP contribution in [-0.2, 0) is 43.2 Å². The summed E-state index contributed by atoms with van der Waals surface area (Å²) in [6, 6.07) is 15.2. The molecular weight excluding hydrogens is 860 g/mol. The number of thiophene rings is 1. The van der Waals surface area contributed by atoms with Gasteiger partial charge in [-0.15, -0.1) is 11.3 Å². The number of methoxy groups -OCH3 is 2. The Morgan fingerprint density at radius 2 is 1.72 bits per heavy atom. The number of imide groups is 1. The molecule has 1 aliphatic carbocycles. The number of nitrogens with zero attached hydrogens (tertiary/aromatic N) is 8. The summed E-state index contributed by atoms with van der Waals surface area (Å²) in [5, 5.41) is 18.1. The maximum Gasteiger partial charge on any atom is 0.347 e. The van der Waals surface area contributed by atoms with Gasteiger partial charge in [-0.05, 0) is 67.5 Å². The Morgan fingerprint density at radius 3 is 2.47 bits per heavy atom. The molecule has 64 heavy (non-hydrogen) atoms. The van der Waals surface area contributed by atoms with Crippen LogP contribution in [0.1, 0.15) is 47.7 Å². The average Bonchev–Trinajstić information content (AvgIpc) is 3.95. The van der Waals surface area contributed by atoms with E-state index in [4.69, 9.17) is 26.2 Å². The van der Waals surface area contributed by atoms with Crippen LogP contribution in [-0.4, -0.2) is 64.4 Å². The molecule has 3 aliphatic rings. The Balaban J connectivity index is 1.05. The fraction of sp³-hybridized carbons (Fsp3) is 0.326. The number of aromatic hydroxyl groups is 1. The first-order valence-corrected chi connectivity index (χ1v) is 21.9. The molecule has 1 saturated heterocycles.